The van der Waals surface area contributed by atoms with Crippen LogP contribution in [-0.4, -0.2) is 36.9 Å². The molecule has 114 valence electrons. The van der Waals surface area contributed by atoms with E-state index in [-0.39, 0.29) is 0 Å². The summed E-state index contributed by atoms with van der Waals surface area (Å²) in [4.78, 5) is 22.3. The zero-order chi connectivity index (χ0) is 16.2. The quantitative estimate of drug-likeness (QED) is 0.802. The first kappa shape index (κ1) is 16.9. The Labute approximate surface area is 123 Å². The molecule has 0 aliphatic heterocycles. The van der Waals surface area contributed by atoms with Crippen LogP contribution in [0.3, 0.4) is 0 Å². The molecule has 0 heterocycles. The number of aryl methyl sites for hydroxylation is 1. The van der Waals surface area contributed by atoms with E-state index in [0.29, 0.717) is 11.3 Å². The third-order valence-electron chi connectivity index (χ3n) is 2.96. The molecule has 0 aromatic heterocycles. The number of benzene rings is 1. The van der Waals surface area contributed by atoms with Crippen molar-refractivity contribution in [3.63, 3.8) is 0 Å². The van der Waals surface area contributed by atoms with E-state index in [1.54, 1.807) is 25.1 Å². The fourth-order valence-corrected chi connectivity index (χ4v) is 1.94. The van der Waals surface area contributed by atoms with Gasteiger partial charge in [-0.15, -0.1) is 0 Å². The van der Waals surface area contributed by atoms with E-state index in [4.69, 9.17) is 5.11 Å². The van der Waals surface area contributed by atoms with Crippen LogP contribution < -0.4 is 5.32 Å². The molecule has 1 amide bonds. The Morgan fingerprint density at radius 2 is 1.95 bits per heavy atom. The molecule has 7 heteroatoms. The van der Waals surface area contributed by atoms with E-state index >= 15 is 0 Å². The average Bonchev–Trinajstić information content (AvgIpc) is 2.37. The van der Waals surface area contributed by atoms with Crippen LogP contribution in [0, 0.1) is 6.92 Å². The van der Waals surface area contributed by atoms with Gasteiger partial charge in [0.25, 0.3) is 0 Å². The first-order chi connectivity index (χ1) is 9.61. The summed E-state index contributed by atoms with van der Waals surface area (Å²) in [6.07, 6.45) is 3.40. The van der Waals surface area contributed by atoms with Gasteiger partial charge in [0.1, 0.15) is 5.25 Å². The average molecular weight is 311 g/mol. The molecule has 0 spiro atoms. The SMILES string of the molecule is Cc1ccc(NC(=O)C(C)S(C)(=O)=O)cc1/C=C/C(=O)O. The van der Waals surface area contributed by atoms with Gasteiger partial charge in [0.05, 0.1) is 0 Å². The molecule has 6 nitrogen and oxygen atoms in total. The zero-order valence-electron chi connectivity index (χ0n) is 12.0. The van der Waals surface area contributed by atoms with Gasteiger partial charge in [-0.2, -0.15) is 0 Å². The highest BCUT2D eigenvalue weighted by Gasteiger charge is 2.23. The Bertz CT molecular complexity index is 691. The van der Waals surface area contributed by atoms with Crippen molar-refractivity contribution in [2.75, 3.05) is 11.6 Å². The number of aliphatic carboxylic acids is 1. The van der Waals surface area contributed by atoms with Crippen molar-refractivity contribution in [2.24, 2.45) is 0 Å². The molecule has 1 unspecified atom stereocenters. The van der Waals surface area contributed by atoms with Crippen molar-refractivity contribution in [1.29, 1.82) is 0 Å². The van der Waals surface area contributed by atoms with Crippen LogP contribution in [0.25, 0.3) is 6.08 Å². The number of amides is 1. The Balaban J connectivity index is 2.98. The van der Waals surface area contributed by atoms with Gasteiger partial charge in [-0.3, -0.25) is 4.79 Å². The Kier molecular flexibility index (Phi) is 5.26. The molecule has 0 saturated heterocycles. The van der Waals surface area contributed by atoms with Crippen molar-refractivity contribution in [2.45, 2.75) is 19.1 Å². The summed E-state index contributed by atoms with van der Waals surface area (Å²) in [6.45, 7) is 3.11. The molecule has 1 rings (SSSR count). The smallest absolute Gasteiger partial charge is 0.328 e. The number of anilines is 1. The van der Waals surface area contributed by atoms with Crippen LogP contribution >= 0.6 is 0 Å². The van der Waals surface area contributed by atoms with Crippen LogP contribution in [-0.2, 0) is 19.4 Å². The Morgan fingerprint density at radius 3 is 2.48 bits per heavy atom. The summed E-state index contributed by atoms with van der Waals surface area (Å²) in [5.41, 5.74) is 1.87. The van der Waals surface area contributed by atoms with E-state index in [9.17, 15) is 18.0 Å². The van der Waals surface area contributed by atoms with E-state index in [1.807, 2.05) is 0 Å². The molecule has 0 bridgehead atoms. The fourth-order valence-electron chi connectivity index (χ4n) is 1.50. The van der Waals surface area contributed by atoms with Crippen LogP contribution in [0.15, 0.2) is 24.3 Å². The first-order valence-electron chi connectivity index (χ1n) is 6.12. The van der Waals surface area contributed by atoms with Gasteiger partial charge in [0, 0.05) is 18.0 Å². The highest BCUT2D eigenvalue weighted by atomic mass is 32.2. The van der Waals surface area contributed by atoms with Gasteiger partial charge >= 0.3 is 5.97 Å². The number of carbonyl (C=O) groups excluding carboxylic acids is 1. The summed E-state index contributed by atoms with van der Waals surface area (Å²) in [5, 5.41) is 9.97. The topological polar surface area (TPSA) is 101 Å². The highest BCUT2D eigenvalue weighted by molar-refractivity contribution is 7.92. The standard InChI is InChI=1S/C14H17NO5S/c1-9-4-6-12(8-11(9)5-7-13(16)17)15-14(18)10(2)21(3,19)20/h4-8,10H,1-3H3,(H,15,18)(H,16,17)/b7-5+. The number of hydrogen-bond acceptors (Lipinski definition) is 4. The van der Waals surface area contributed by atoms with Crippen molar-refractivity contribution < 1.29 is 23.1 Å². The minimum Gasteiger partial charge on any atom is -0.478 e. The lowest BCUT2D eigenvalue weighted by Crippen LogP contribution is -2.31. The number of carboxylic acids is 1. The molecule has 0 fully saturated rings. The monoisotopic (exact) mass is 311 g/mol. The van der Waals surface area contributed by atoms with E-state index in [2.05, 4.69) is 5.32 Å². The van der Waals surface area contributed by atoms with Crippen molar-refractivity contribution in [3.05, 3.63) is 35.4 Å². The van der Waals surface area contributed by atoms with Gasteiger partial charge in [-0.25, -0.2) is 13.2 Å². The number of sulfone groups is 1. The second-order valence-corrected chi connectivity index (χ2v) is 7.07. The predicted octanol–water partition coefficient (Wildman–Crippen LogP) is 1.46. The third-order valence-corrected chi connectivity index (χ3v) is 4.46. The fraction of sp³-hybridized carbons (Fsp3) is 0.286. The highest BCUT2D eigenvalue weighted by Crippen LogP contribution is 2.17. The van der Waals surface area contributed by atoms with Gasteiger partial charge < -0.3 is 10.4 Å². The molecule has 21 heavy (non-hydrogen) atoms. The Hall–Kier alpha value is -2.15. The Morgan fingerprint density at radius 1 is 1.33 bits per heavy atom. The minimum absolute atomic E-state index is 0.408. The van der Waals surface area contributed by atoms with Gasteiger partial charge in [0.2, 0.25) is 5.91 Å². The molecular weight excluding hydrogens is 294 g/mol. The molecule has 1 aromatic rings. The van der Waals surface area contributed by atoms with Crippen LogP contribution in [0.5, 0.6) is 0 Å². The second-order valence-electron chi connectivity index (χ2n) is 4.70. The molecule has 1 atom stereocenters. The number of carboxylic acid groups (broad SMARTS) is 1. The van der Waals surface area contributed by atoms with Crippen molar-refractivity contribution in [3.8, 4) is 0 Å². The summed E-state index contributed by atoms with van der Waals surface area (Å²) in [7, 11) is -3.47. The molecule has 0 radical (unpaired) electrons. The molecule has 0 aliphatic carbocycles. The van der Waals surface area contributed by atoms with Gasteiger partial charge in [-0.1, -0.05) is 6.07 Å². The zero-order valence-corrected chi connectivity index (χ0v) is 12.8. The minimum atomic E-state index is -3.47. The van der Waals surface area contributed by atoms with Crippen molar-refractivity contribution >= 4 is 33.5 Å². The molecule has 1 aromatic carbocycles. The maximum absolute atomic E-state index is 11.8. The first-order valence-corrected chi connectivity index (χ1v) is 8.08. The van der Waals surface area contributed by atoms with Crippen LogP contribution in [0.1, 0.15) is 18.1 Å². The van der Waals surface area contributed by atoms with E-state index in [0.717, 1.165) is 17.9 Å². The number of hydrogen-bond donors (Lipinski definition) is 2. The second kappa shape index (κ2) is 6.53. The van der Waals surface area contributed by atoms with Crippen LogP contribution in [0.4, 0.5) is 5.69 Å². The third kappa shape index (κ3) is 5.03. The maximum atomic E-state index is 11.8. The number of rotatable bonds is 5. The van der Waals surface area contributed by atoms with Crippen LogP contribution in [0.2, 0.25) is 0 Å². The summed E-state index contributed by atoms with van der Waals surface area (Å²) < 4.78 is 22.6. The summed E-state index contributed by atoms with van der Waals surface area (Å²) in [6, 6.07) is 4.92. The van der Waals surface area contributed by atoms with Gasteiger partial charge in [0.15, 0.2) is 9.84 Å². The van der Waals surface area contributed by atoms with E-state index < -0.39 is 27.0 Å². The lowest BCUT2D eigenvalue weighted by Gasteiger charge is -2.11. The summed E-state index contributed by atoms with van der Waals surface area (Å²) >= 11 is 0. The molecular formula is C14H17NO5S. The summed E-state index contributed by atoms with van der Waals surface area (Å²) in [5.74, 6) is -1.70. The van der Waals surface area contributed by atoms with E-state index in [1.165, 1.54) is 13.0 Å². The normalized spacial score (nSPS) is 13.1. The predicted molar refractivity (Wildman–Crippen MR) is 80.8 cm³/mol. The largest absolute Gasteiger partial charge is 0.478 e. The molecule has 0 saturated carbocycles. The lowest BCUT2D eigenvalue weighted by atomic mass is 10.1. The lowest BCUT2D eigenvalue weighted by molar-refractivity contribution is -0.131. The number of carbonyl (C=O) groups is 2. The molecule has 2 N–H and O–H groups in total. The number of nitrogens with one attached hydrogen (secondary N) is 1. The van der Waals surface area contributed by atoms with Gasteiger partial charge in [-0.05, 0) is 43.2 Å². The van der Waals surface area contributed by atoms with Crippen molar-refractivity contribution in [1.82, 2.24) is 0 Å². The molecule has 0 aliphatic rings. The maximum Gasteiger partial charge on any atom is 0.328 e.